The molecular formula is C43H52N4O8. The number of anilines is 3. The lowest BCUT2D eigenvalue weighted by Gasteiger charge is -2.22. The van der Waals surface area contributed by atoms with Crippen molar-refractivity contribution in [2.24, 2.45) is 10.8 Å². The number of Topliss-reactive ketones (excluding diaryl/α,β-unsaturated/α-hetero) is 2. The molecule has 12 heteroatoms. The van der Waals surface area contributed by atoms with Crippen LogP contribution in [0.25, 0.3) is 16.7 Å². The van der Waals surface area contributed by atoms with Crippen LogP contribution in [0.15, 0.2) is 91.3 Å². The van der Waals surface area contributed by atoms with E-state index < -0.39 is 22.5 Å². The van der Waals surface area contributed by atoms with Crippen LogP contribution < -0.4 is 20.1 Å². The van der Waals surface area contributed by atoms with Gasteiger partial charge in [-0.2, -0.15) is 0 Å². The minimum absolute atomic E-state index is 0.000218. The van der Waals surface area contributed by atoms with E-state index in [1.165, 1.54) is 0 Å². The topological polar surface area (TPSA) is 158 Å². The van der Waals surface area contributed by atoms with Gasteiger partial charge in [0.2, 0.25) is 0 Å². The number of amides is 1. The van der Waals surface area contributed by atoms with Gasteiger partial charge in [-0.1, -0.05) is 65.8 Å². The summed E-state index contributed by atoms with van der Waals surface area (Å²) in [5, 5.41) is 12.9. The highest BCUT2D eigenvalue weighted by Crippen LogP contribution is 2.34. The number of para-hydroxylation sites is 4. The Morgan fingerprint density at radius 2 is 1.20 bits per heavy atom. The van der Waals surface area contributed by atoms with Gasteiger partial charge in [0.05, 0.1) is 48.0 Å². The molecule has 12 nitrogen and oxygen atoms in total. The van der Waals surface area contributed by atoms with Crippen molar-refractivity contribution in [3.05, 3.63) is 102 Å². The number of nitrogens with one attached hydrogen (secondary N) is 2. The van der Waals surface area contributed by atoms with E-state index >= 15 is 0 Å². The first-order valence-corrected chi connectivity index (χ1v) is 17.6. The summed E-state index contributed by atoms with van der Waals surface area (Å²) < 4.78 is 17.9. The van der Waals surface area contributed by atoms with Crippen molar-refractivity contribution in [1.29, 1.82) is 0 Å². The molecule has 4 aromatic carbocycles. The summed E-state index contributed by atoms with van der Waals surface area (Å²) in [6.07, 6.45) is 1.20. The molecule has 0 aliphatic carbocycles. The molecule has 5 rings (SSSR count). The maximum Gasteiger partial charge on any atom is 0.412 e. The molecule has 0 saturated heterocycles. The first-order valence-electron chi connectivity index (χ1n) is 17.6. The second-order valence-corrected chi connectivity index (χ2v) is 15.5. The third-order valence-corrected chi connectivity index (χ3v) is 7.83. The number of benzene rings is 4. The molecule has 1 amide bonds. The van der Waals surface area contributed by atoms with Gasteiger partial charge in [-0.25, -0.2) is 9.78 Å². The molecule has 1 heterocycles. The van der Waals surface area contributed by atoms with Crippen molar-refractivity contribution in [3.63, 3.8) is 0 Å². The number of carbonyl (C=O) groups excluding carboxylic acids is 3. The Bertz CT molecular complexity index is 2120. The monoisotopic (exact) mass is 752 g/mol. The van der Waals surface area contributed by atoms with Crippen LogP contribution in [0.4, 0.5) is 21.9 Å². The Morgan fingerprint density at radius 3 is 1.76 bits per heavy atom. The summed E-state index contributed by atoms with van der Waals surface area (Å²) in [6.45, 7) is 16.6. The fraction of sp³-hybridized carbons (Fsp3) is 0.326. The maximum atomic E-state index is 12.9. The van der Waals surface area contributed by atoms with Gasteiger partial charge in [0.25, 0.3) is 6.47 Å². The molecule has 1 aromatic heterocycles. The largest absolute Gasteiger partial charge is 0.497 e. The summed E-state index contributed by atoms with van der Waals surface area (Å²) in [7, 11) is 3.19. The van der Waals surface area contributed by atoms with Gasteiger partial charge in [0.15, 0.2) is 11.6 Å². The van der Waals surface area contributed by atoms with Gasteiger partial charge in [0.1, 0.15) is 23.4 Å². The predicted molar refractivity (Wildman–Crippen MR) is 216 cm³/mol. The molecular weight excluding hydrogens is 700 g/mol. The molecule has 0 atom stereocenters. The molecule has 0 spiro atoms. The average molecular weight is 753 g/mol. The molecule has 55 heavy (non-hydrogen) atoms. The third kappa shape index (κ3) is 11.9. The predicted octanol–water partition coefficient (Wildman–Crippen LogP) is 9.98. The van der Waals surface area contributed by atoms with Crippen LogP contribution in [0.5, 0.6) is 11.5 Å². The van der Waals surface area contributed by atoms with Crippen LogP contribution in [-0.2, 0) is 9.53 Å². The number of imidazole rings is 1. The number of fused-ring (bicyclic) bond motifs is 1. The smallest absolute Gasteiger partial charge is 0.412 e. The van der Waals surface area contributed by atoms with Gasteiger partial charge < -0.3 is 24.6 Å². The molecule has 5 aromatic rings. The molecule has 0 unspecified atom stereocenters. The number of methoxy groups -OCH3 is 2. The Morgan fingerprint density at radius 1 is 0.691 bits per heavy atom. The van der Waals surface area contributed by atoms with Crippen LogP contribution in [0.2, 0.25) is 0 Å². The van der Waals surface area contributed by atoms with Gasteiger partial charge in [-0.15, -0.1) is 0 Å². The normalized spacial score (nSPS) is 11.2. The number of nitrogens with zero attached hydrogens (tertiary/aromatic N) is 2. The van der Waals surface area contributed by atoms with E-state index in [0.29, 0.717) is 39.7 Å². The van der Waals surface area contributed by atoms with Crippen molar-refractivity contribution in [3.8, 4) is 17.2 Å². The van der Waals surface area contributed by atoms with Gasteiger partial charge in [0, 0.05) is 34.1 Å². The highest BCUT2D eigenvalue weighted by molar-refractivity contribution is 6.06. The van der Waals surface area contributed by atoms with Crippen LogP contribution in [0.1, 0.15) is 83.0 Å². The van der Waals surface area contributed by atoms with Crippen LogP contribution in [-0.4, -0.2) is 58.6 Å². The summed E-state index contributed by atoms with van der Waals surface area (Å²) in [5.41, 5.74) is 4.03. The number of ether oxygens (including phenoxy) is 3. The number of hydrogen-bond donors (Lipinski definition) is 3. The fourth-order valence-corrected chi connectivity index (χ4v) is 5.20. The summed E-state index contributed by atoms with van der Waals surface area (Å²) >= 11 is 0. The maximum absolute atomic E-state index is 12.9. The highest BCUT2D eigenvalue weighted by Gasteiger charge is 2.27. The lowest BCUT2D eigenvalue weighted by atomic mass is 9.85. The molecule has 292 valence electrons. The number of hydrogen-bond acceptors (Lipinski definition) is 9. The zero-order valence-electron chi connectivity index (χ0n) is 33.4. The minimum Gasteiger partial charge on any atom is -0.497 e. The second kappa shape index (κ2) is 18.2. The quantitative estimate of drug-likeness (QED) is 0.103. The van der Waals surface area contributed by atoms with Crippen LogP contribution >= 0.6 is 0 Å². The van der Waals surface area contributed by atoms with Gasteiger partial charge in [-0.3, -0.25) is 24.3 Å². The molecule has 0 aliphatic rings. The number of ketones is 2. The van der Waals surface area contributed by atoms with E-state index in [4.69, 9.17) is 24.1 Å². The fourth-order valence-electron chi connectivity index (χ4n) is 5.20. The molecule has 0 fully saturated rings. The van der Waals surface area contributed by atoms with Crippen molar-refractivity contribution in [1.82, 2.24) is 9.55 Å². The standard InChI is InChI=1S/C23H30N2O4.C19H20N2O2.CH2O2/c1-22(2,3)20(26)16-13-12-15(28-7)14-19(16)24-17-10-8-9-11-18(17)25-21(27)29-23(4,5)6;1-19(2,3)18(22)14-10-9-13(23-4)11-17(14)21-12-20-15-7-5-6-8-16(15)21;2-1-3/h8-14,24H,1-7H3,(H,25,27);5-12H,1-4H3;1H,(H,2,3). The summed E-state index contributed by atoms with van der Waals surface area (Å²) in [4.78, 5) is 50.8. The summed E-state index contributed by atoms with van der Waals surface area (Å²) in [5.74, 6) is 1.42. The number of aromatic nitrogens is 2. The van der Waals surface area contributed by atoms with Crippen molar-refractivity contribution < 1.29 is 38.5 Å². The SMILES string of the molecule is COc1ccc(C(=O)C(C)(C)C)c(-n2cnc3ccccc32)c1.COc1ccc(C(=O)C(C)(C)C)c(Nc2ccccc2NC(=O)OC(C)(C)C)c1.O=CO. The minimum atomic E-state index is -0.606. The third-order valence-electron chi connectivity index (χ3n) is 7.83. The zero-order chi connectivity index (χ0) is 41.1. The van der Waals surface area contributed by atoms with E-state index in [1.807, 2.05) is 107 Å². The Kier molecular flexibility index (Phi) is 14.3. The number of carboxylic acid groups (broad SMARTS) is 1. The first-order chi connectivity index (χ1) is 25.7. The summed E-state index contributed by atoms with van der Waals surface area (Å²) in [6, 6.07) is 25.9. The Labute approximate surface area is 322 Å². The Hall–Kier alpha value is -6.17. The van der Waals surface area contributed by atoms with E-state index in [1.54, 1.807) is 65.6 Å². The molecule has 0 saturated carbocycles. The van der Waals surface area contributed by atoms with Crippen molar-refractivity contribution in [2.75, 3.05) is 24.9 Å². The van der Waals surface area contributed by atoms with E-state index in [0.717, 1.165) is 16.7 Å². The second-order valence-electron chi connectivity index (χ2n) is 15.5. The Balaban J connectivity index is 0.000000281. The lowest BCUT2D eigenvalue weighted by molar-refractivity contribution is -0.122. The van der Waals surface area contributed by atoms with Crippen molar-refractivity contribution >= 4 is 52.2 Å². The molecule has 3 N–H and O–H groups in total. The highest BCUT2D eigenvalue weighted by atomic mass is 16.6. The van der Waals surface area contributed by atoms with E-state index in [-0.39, 0.29) is 18.0 Å². The van der Waals surface area contributed by atoms with E-state index in [2.05, 4.69) is 15.6 Å². The van der Waals surface area contributed by atoms with Crippen LogP contribution in [0.3, 0.4) is 0 Å². The van der Waals surface area contributed by atoms with Gasteiger partial charge in [-0.05, 0) is 69.3 Å². The van der Waals surface area contributed by atoms with E-state index in [9.17, 15) is 14.4 Å². The van der Waals surface area contributed by atoms with Crippen LogP contribution in [0, 0.1) is 10.8 Å². The number of carbonyl (C=O) groups is 4. The molecule has 0 bridgehead atoms. The zero-order valence-corrected chi connectivity index (χ0v) is 33.4. The first kappa shape index (κ1) is 43.2. The number of rotatable bonds is 8. The molecule has 0 radical (unpaired) electrons. The average Bonchev–Trinajstić information content (AvgIpc) is 3.55. The van der Waals surface area contributed by atoms with Gasteiger partial charge >= 0.3 is 6.09 Å². The lowest BCUT2D eigenvalue weighted by Crippen LogP contribution is -2.27. The molecule has 0 aliphatic heterocycles. The van der Waals surface area contributed by atoms with Crippen molar-refractivity contribution in [2.45, 2.75) is 67.9 Å².